The number of carboxylic acid groups (broad SMARTS) is 1. The number of nitrogens with zero attached hydrogens (tertiary/aromatic N) is 1. The minimum atomic E-state index is -0.885. The first-order chi connectivity index (χ1) is 16.2. The van der Waals surface area contributed by atoms with Crippen LogP contribution in [0.15, 0.2) is 0 Å². The molecule has 0 aliphatic heterocycles. The molecule has 0 bridgehead atoms. The van der Waals surface area contributed by atoms with Gasteiger partial charge in [-0.3, -0.25) is 0 Å². The maximum Gasteiger partial charge on any atom is 1.00 e. The number of hydrogen-bond acceptors (Lipinski definition) is 3. The second-order valence-electron chi connectivity index (χ2n) is 10.4. The van der Waals surface area contributed by atoms with Crippen LogP contribution in [-0.4, -0.2) is 30.0 Å². The largest absolute Gasteiger partial charge is 1.00 e. The van der Waals surface area contributed by atoms with E-state index in [9.17, 15) is 9.90 Å². The quantitative estimate of drug-likeness (QED) is 0.118. The van der Waals surface area contributed by atoms with Crippen LogP contribution in [0.5, 0.6) is 0 Å². The third kappa shape index (κ3) is 25.1. The average Bonchev–Trinajstić information content (AvgIpc) is 2.79. The van der Waals surface area contributed by atoms with E-state index in [2.05, 4.69) is 25.7 Å². The summed E-state index contributed by atoms with van der Waals surface area (Å²) >= 11 is 0. The summed E-state index contributed by atoms with van der Waals surface area (Å²) in [5.74, 6) is -0.885. The minimum absolute atomic E-state index is 0. The Balaban J connectivity index is 0. The molecule has 1 atom stereocenters. The van der Waals surface area contributed by atoms with Crippen LogP contribution in [0.1, 0.15) is 168 Å². The summed E-state index contributed by atoms with van der Waals surface area (Å²) in [5.41, 5.74) is 0. The first-order valence-corrected chi connectivity index (χ1v) is 15.1. The van der Waals surface area contributed by atoms with Gasteiger partial charge in [0.2, 0.25) is 0 Å². The molecule has 34 heavy (non-hydrogen) atoms. The average molecular weight is 474 g/mol. The molecule has 0 spiro atoms. The number of hydrogen-bond donors (Lipinski definition) is 0. The van der Waals surface area contributed by atoms with Gasteiger partial charge in [-0.2, -0.15) is 0 Å². The van der Waals surface area contributed by atoms with Crippen molar-refractivity contribution in [2.45, 2.75) is 174 Å². The molecule has 198 valence electrons. The van der Waals surface area contributed by atoms with Gasteiger partial charge in [0.25, 0.3) is 0 Å². The van der Waals surface area contributed by atoms with Crippen molar-refractivity contribution in [3.63, 3.8) is 0 Å². The van der Waals surface area contributed by atoms with Crippen molar-refractivity contribution in [2.75, 3.05) is 13.1 Å². The molecule has 0 aromatic heterocycles. The van der Waals surface area contributed by atoms with Crippen molar-refractivity contribution < 1.29 is 28.8 Å². The minimum Gasteiger partial charge on any atom is -0.550 e. The van der Waals surface area contributed by atoms with E-state index in [0.717, 1.165) is 25.9 Å². The van der Waals surface area contributed by atoms with E-state index < -0.39 is 5.97 Å². The van der Waals surface area contributed by atoms with Gasteiger partial charge in [-0.25, -0.2) is 0 Å². The standard InChI is InChI=1S/C30H61NO2.Li/c1-4-7-9-11-13-15-17-19-21-23-26-31(29(25-6-3)28-30(32)33)27-24-22-20-18-16-14-12-10-8-5-2;/h29H,4-28H2,1-3H3,(H,32,33);/q;+1/p-1. The first kappa shape index (κ1) is 36.2. The number of unbranched alkanes of at least 4 members (excludes halogenated alkanes) is 18. The predicted molar refractivity (Wildman–Crippen MR) is 144 cm³/mol. The van der Waals surface area contributed by atoms with Crippen molar-refractivity contribution in [3.05, 3.63) is 0 Å². The smallest absolute Gasteiger partial charge is 0.550 e. The Bertz CT molecular complexity index is 381. The number of carbonyl (C=O) groups is 1. The van der Waals surface area contributed by atoms with E-state index in [1.54, 1.807) is 0 Å². The maximum absolute atomic E-state index is 11.3. The molecule has 0 aliphatic rings. The van der Waals surface area contributed by atoms with E-state index in [-0.39, 0.29) is 31.3 Å². The van der Waals surface area contributed by atoms with Gasteiger partial charge in [0.05, 0.1) is 0 Å². The van der Waals surface area contributed by atoms with E-state index in [1.807, 2.05) is 0 Å². The topological polar surface area (TPSA) is 43.4 Å². The molecule has 4 heteroatoms. The fourth-order valence-corrected chi connectivity index (χ4v) is 5.02. The third-order valence-electron chi connectivity index (χ3n) is 7.14. The molecule has 0 heterocycles. The van der Waals surface area contributed by atoms with Crippen LogP contribution in [0, 0.1) is 0 Å². The van der Waals surface area contributed by atoms with Crippen LogP contribution >= 0.6 is 0 Å². The molecule has 0 aromatic carbocycles. The molecule has 0 saturated heterocycles. The second-order valence-corrected chi connectivity index (χ2v) is 10.4. The number of aliphatic carboxylic acids is 1. The van der Waals surface area contributed by atoms with Gasteiger partial charge in [0, 0.05) is 18.4 Å². The van der Waals surface area contributed by atoms with E-state index in [1.165, 1.54) is 128 Å². The molecule has 0 saturated carbocycles. The van der Waals surface area contributed by atoms with Gasteiger partial charge >= 0.3 is 18.9 Å². The van der Waals surface area contributed by atoms with Gasteiger partial charge in [-0.15, -0.1) is 0 Å². The fraction of sp³-hybridized carbons (Fsp3) is 0.967. The van der Waals surface area contributed by atoms with Crippen molar-refractivity contribution in [3.8, 4) is 0 Å². The Kier molecular flexibility index (Phi) is 31.1. The van der Waals surface area contributed by atoms with E-state index in [0.29, 0.717) is 0 Å². The van der Waals surface area contributed by atoms with Crippen molar-refractivity contribution in [1.82, 2.24) is 4.90 Å². The van der Waals surface area contributed by atoms with Crippen LogP contribution in [0.2, 0.25) is 0 Å². The first-order valence-electron chi connectivity index (χ1n) is 15.1. The SMILES string of the molecule is CCCCCCCCCCCCN(CCCCCCCCCCCC)C(CCC)CC(=O)[O-].[Li+]. The number of carbonyl (C=O) groups excluding carboxylic acids is 1. The normalized spacial score (nSPS) is 12.1. The monoisotopic (exact) mass is 473 g/mol. The summed E-state index contributed by atoms with van der Waals surface area (Å²) in [6, 6.07) is 0.164. The van der Waals surface area contributed by atoms with Gasteiger partial charge in [-0.1, -0.05) is 143 Å². The summed E-state index contributed by atoms with van der Waals surface area (Å²) in [4.78, 5) is 13.8. The van der Waals surface area contributed by atoms with Gasteiger partial charge in [0.1, 0.15) is 0 Å². The molecule has 0 aliphatic carbocycles. The van der Waals surface area contributed by atoms with Crippen molar-refractivity contribution in [1.29, 1.82) is 0 Å². The Morgan fingerprint density at radius 3 is 1.18 bits per heavy atom. The van der Waals surface area contributed by atoms with E-state index in [4.69, 9.17) is 0 Å². The van der Waals surface area contributed by atoms with Crippen LogP contribution in [0.3, 0.4) is 0 Å². The van der Waals surface area contributed by atoms with Crippen LogP contribution in [0.4, 0.5) is 0 Å². The summed E-state index contributed by atoms with van der Waals surface area (Å²) in [5, 5.41) is 11.3. The molecule has 0 fully saturated rings. The summed E-state index contributed by atoms with van der Waals surface area (Å²) < 4.78 is 0. The van der Waals surface area contributed by atoms with E-state index >= 15 is 0 Å². The molecule has 0 amide bonds. The summed E-state index contributed by atoms with van der Waals surface area (Å²) in [7, 11) is 0. The molecular formula is C30H60LiNO2. The van der Waals surface area contributed by atoms with Crippen LogP contribution < -0.4 is 24.0 Å². The molecule has 1 unspecified atom stereocenters. The number of rotatable bonds is 27. The molecule has 0 rings (SSSR count). The predicted octanol–water partition coefficient (Wildman–Crippen LogP) is 5.44. The van der Waals surface area contributed by atoms with Crippen molar-refractivity contribution >= 4 is 5.97 Å². The third-order valence-corrected chi connectivity index (χ3v) is 7.14. The maximum atomic E-state index is 11.3. The van der Waals surface area contributed by atoms with Gasteiger partial charge in [-0.05, 0) is 32.4 Å². The van der Waals surface area contributed by atoms with Crippen LogP contribution in [-0.2, 0) is 4.79 Å². The van der Waals surface area contributed by atoms with Gasteiger partial charge < -0.3 is 14.8 Å². The number of carboxylic acids is 1. The Labute approximate surface area is 226 Å². The Morgan fingerprint density at radius 2 is 0.882 bits per heavy atom. The molecule has 3 nitrogen and oxygen atoms in total. The molecule has 0 aromatic rings. The summed E-state index contributed by atoms with van der Waals surface area (Å²) in [6.45, 7) is 8.84. The fourth-order valence-electron chi connectivity index (χ4n) is 5.02. The Hall–Kier alpha value is 0.0274. The zero-order valence-electron chi connectivity index (χ0n) is 24.0. The second kappa shape index (κ2) is 29.3. The zero-order valence-corrected chi connectivity index (χ0v) is 24.0. The van der Waals surface area contributed by atoms with Crippen molar-refractivity contribution in [2.24, 2.45) is 0 Å². The zero-order chi connectivity index (χ0) is 24.4. The van der Waals surface area contributed by atoms with Gasteiger partial charge in [0.15, 0.2) is 0 Å². The summed E-state index contributed by atoms with van der Waals surface area (Å²) in [6.07, 6.45) is 29.2. The van der Waals surface area contributed by atoms with Crippen LogP contribution in [0.25, 0.3) is 0 Å². The Morgan fingerprint density at radius 1 is 0.559 bits per heavy atom. The molecule has 0 radical (unpaired) electrons. The molecule has 0 N–H and O–H groups in total. The molecular weight excluding hydrogens is 413 g/mol.